The zero-order valence-corrected chi connectivity index (χ0v) is 22.3. The van der Waals surface area contributed by atoms with Crippen LogP contribution in [0.5, 0.6) is 5.75 Å². The maximum Gasteiger partial charge on any atom is 0.266 e. The molecule has 1 aromatic rings. The van der Waals surface area contributed by atoms with E-state index in [1.54, 1.807) is 10.4 Å². The van der Waals surface area contributed by atoms with Gasteiger partial charge in [-0.05, 0) is 49.9 Å². The lowest BCUT2D eigenvalue weighted by molar-refractivity contribution is -0.138. The molecule has 0 radical (unpaired) electrons. The predicted molar refractivity (Wildman–Crippen MR) is 138 cm³/mol. The number of likely N-dealkylation sites (tertiary alicyclic amines) is 1. The Morgan fingerprint density at radius 1 is 0.972 bits per heavy atom. The number of nitrogens with zero attached hydrogens (tertiary/aromatic N) is 3. The van der Waals surface area contributed by atoms with E-state index in [1.165, 1.54) is 4.31 Å². The first-order valence-corrected chi connectivity index (χ1v) is 14.4. The molecule has 10 nitrogen and oxygen atoms in total. The fourth-order valence-corrected chi connectivity index (χ4v) is 6.95. The summed E-state index contributed by atoms with van der Waals surface area (Å²) in [4.78, 5) is 28.9. The second-order valence-electron chi connectivity index (χ2n) is 9.51. The summed E-state index contributed by atoms with van der Waals surface area (Å²) < 4.78 is 32.8. The molecule has 2 amide bonds. The number of hydroxylamine groups is 1. The number of carbonyl (C=O) groups excluding carboxylic acids is 2. The van der Waals surface area contributed by atoms with Crippen molar-refractivity contribution < 1.29 is 28.0 Å². The Kier molecular flexibility index (Phi) is 9.98. The Balaban J connectivity index is 1.64. The van der Waals surface area contributed by atoms with E-state index in [4.69, 9.17) is 4.74 Å². The molecule has 2 aliphatic rings. The second-order valence-corrected chi connectivity index (χ2v) is 11.8. The number of sulfonamides is 1. The number of hydrogen-bond donors (Lipinski definition) is 2. The van der Waals surface area contributed by atoms with Crippen molar-refractivity contribution in [3.8, 4) is 5.75 Å². The molecule has 0 atom stereocenters. The van der Waals surface area contributed by atoms with Gasteiger partial charge in [0.2, 0.25) is 15.9 Å². The highest BCUT2D eigenvalue weighted by Crippen LogP contribution is 2.35. The Labute approximate surface area is 214 Å². The average Bonchev–Trinajstić information content (AvgIpc) is 2.91. The van der Waals surface area contributed by atoms with Crippen LogP contribution in [0.15, 0.2) is 24.3 Å². The fourth-order valence-electron chi connectivity index (χ4n) is 4.83. The van der Waals surface area contributed by atoms with E-state index in [1.807, 2.05) is 31.2 Å². The van der Waals surface area contributed by atoms with E-state index in [-0.39, 0.29) is 44.9 Å². The van der Waals surface area contributed by atoms with Crippen LogP contribution in [0.3, 0.4) is 0 Å². The molecule has 2 heterocycles. The van der Waals surface area contributed by atoms with Crippen LogP contribution in [0.1, 0.15) is 58.8 Å². The number of amides is 2. The normalized spacial score (nSPS) is 18.6. The molecule has 1 aromatic carbocycles. The van der Waals surface area contributed by atoms with E-state index in [2.05, 4.69) is 11.8 Å². The van der Waals surface area contributed by atoms with Crippen LogP contribution in [-0.4, -0.2) is 85.3 Å². The summed E-state index contributed by atoms with van der Waals surface area (Å²) in [6, 6.07) is 7.78. The zero-order chi connectivity index (χ0) is 26.2. The molecule has 2 saturated heterocycles. The third-order valence-electron chi connectivity index (χ3n) is 7.22. The number of piperazine rings is 1. The Bertz CT molecular complexity index is 969. The van der Waals surface area contributed by atoms with E-state index in [0.717, 1.165) is 37.1 Å². The van der Waals surface area contributed by atoms with Gasteiger partial charge in [-0.2, -0.15) is 4.31 Å². The summed E-state index contributed by atoms with van der Waals surface area (Å²) in [7, 11) is -4.07. The lowest BCUT2D eigenvalue weighted by Gasteiger charge is -2.44. The molecule has 0 aromatic heterocycles. The van der Waals surface area contributed by atoms with Crippen LogP contribution in [0, 0.1) is 0 Å². The molecule has 0 saturated carbocycles. The first-order chi connectivity index (χ1) is 17.3. The van der Waals surface area contributed by atoms with Gasteiger partial charge in [-0.15, -0.1) is 0 Å². The van der Waals surface area contributed by atoms with Gasteiger partial charge < -0.3 is 14.5 Å². The second kappa shape index (κ2) is 12.7. The highest BCUT2D eigenvalue weighted by Gasteiger charge is 2.55. The summed E-state index contributed by atoms with van der Waals surface area (Å²) >= 11 is 0. The Morgan fingerprint density at radius 2 is 1.58 bits per heavy atom. The summed E-state index contributed by atoms with van der Waals surface area (Å²) in [6.45, 7) is 6.56. The highest BCUT2D eigenvalue weighted by molar-refractivity contribution is 7.91. The number of carbonyl (C=O) groups is 2. The first kappa shape index (κ1) is 28.2. The number of benzene rings is 1. The molecule has 0 bridgehead atoms. The fraction of sp³-hybridized carbons (Fsp3) is 0.680. The van der Waals surface area contributed by atoms with Crippen molar-refractivity contribution in [2.75, 3.05) is 50.8 Å². The van der Waals surface area contributed by atoms with Crippen LogP contribution >= 0.6 is 0 Å². The molecular weight excluding hydrogens is 484 g/mol. The minimum Gasteiger partial charge on any atom is -0.494 e. The van der Waals surface area contributed by atoms with E-state index in [0.29, 0.717) is 26.1 Å². The van der Waals surface area contributed by atoms with Crippen molar-refractivity contribution >= 4 is 27.5 Å². The molecule has 11 heteroatoms. The quantitative estimate of drug-likeness (QED) is 0.259. The van der Waals surface area contributed by atoms with Crippen molar-refractivity contribution in [3.05, 3.63) is 24.3 Å². The number of rotatable bonds is 11. The number of ether oxygens (including phenoxy) is 1. The van der Waals surface area contributed by atoms with Crippen LogP contribution in [0.2, 0.25) is 0 Å². The van der Waals surface area contributed by atoms with Gasteiger partial charge in [0.05, 0.1) is 6.61 Å². The number of hydrogen-bond acceptors (Lipinski definition) is 7. The molecule has 0 aliphatic carbocycles. The van der Waals surface area contributed by atoms with Crippen LogP contribution in [-0.2, 0) is 19.6 Å². The Hall–Kier alpha value is -2.37. The van der Waals surface area contributed by atoms with Gasteiger partial charge in [-0.3, -0.25) is 14.8 Å². The van der Waals surface area contributed by atoms with E-state index >= 15 is 0 Å². The first-order valence-electron chi connectivity index (χ1n) is 13.0. The van der Waals surface area contributed by atoms with Crippen molar-refractivity contribution in [1.29, 1.82) is 0 Å². The third kappa shape index (κ3) is 6.12. The molecule has 0 spiro atoms. The van der Waals surface area contributed by atoms with Crippen molar-refractivity contribution in [2.24, 2.45) is 0 Å². The monoisotopic (exact) mass is 524 g/mol. The molecule has 36 heavy (non-hydrogen) atoms. The zero-order valence-electron chi connectivity index (χ0n) is 21.4. The molecule has 202 valence electrons. The van der Waals surface area contributed by atoms with Crippen molar-refractivity contribution in [3.63, 3.8) is 0 Å². The van der Waals surface area contributed by atoms with Gasteiger partial charge in [-0.25, -0.2) is 13.9 Å². The highest BCUT2D eigenvalue weighted by atomic mass is 32.2. The molecule has 2 N–H and O–H groups in total. The van der Waals surface area contributed by atoms with Gasteiger partial charge in [0.1, 0.15) is 5.75 Å². The average molecular weight is 525 g/mol. The van der Waals surface area contributed by atoms with Crippen LogP contribution in [0.25, 0.3) is 0 Å². The van der Waals surface area contributed by atoms with E-state index < -0.39 is 20.7 Å². The smallest absolute Gasteiger partial charge is 0.266 e. The minimum absolute atomic E-state index is 0.0253. The SMILES string of the molecule is CCCCOc1ccc(N2CCN(S(=O)(=O)C3(C(=O)NO)CCN(C(=O)CCCC)CC3)CC2)cc1. The van der Waals surface area contributed by atoms with Crippen molar-refractivity contribution in [1.82, 2.24) is 14.7 Å². The predicted octanol–water partition coefficient (Wildman–Crippen LogP) is 2.37. The summed E-state index contributed by atoms with van der Waals surface area (Å²) in [5, 5.41) is 9.40. The van der Waals surface area contributed by atoms with Gasteiger partial charge in [0.25, 0.3) is 5.91 Å². The molecular formula is C25H40N4O6S. The molecule has 0 unspecified atom stereocenters. The van der Waals surface area contributed by atoms with Gasteiger partial charge in [0.15, 0.2) is 4.75 Å². The lowest BCUT2D eigenvalue weighted by atomic mass is 9.94. The standard InChI is InChI=1S/C25H40N4O6S/c1-3-5-7-23(30)28-14-12-25(13-15-28,24(31)26-32)36(33,34)29-18-16-27(17-19-29)21-8-10-22(11-9-21)35-20-6-4-2/h8-11,32H,3-7,12-20H2,1-2H3,(H,26,31). The topological polar surface area (TPSA) is 119 Å². The summed E-state index contributed by atoms with van der Waals surface area (Å²) in [5.41, 5.74) is 2.57. The maximum absolute atomic E-state index is 13.7. The summed E-state index contributed by atoms with van der Waals surface area (Å²) in [5.74, 6) is -0.142. The van der Waals surface area contributed by atoms with Gasteiger partial charge >= 0.3 is 0 Å². The number of unbranched alkanes of at least 4 members (excludes halogenated alkanes) is 2. The lowest BCUT2D eigenvalue weighted by Crippen LogP contribution is -2.64. The maximum atomic E-state index is 13.7. The molecule has 2 fully saturated rings. The van der Waals surface area contributed by atoms with Gasteiger partial charge in [0, 0.05) is 51.4 Å². The largest absolute Gasteiger partial charge is 0.494 e. The van der Waals surface area contributed by atoms with Gasteiger partial charge in [-0.1, -0.05) is 26.7 Å². The third-order valence-corrected chi connectivity index (χ3v) is 9.85. The molecule has 3 rings (SSSR count). The minimum atomic E-state index is -4.07. The number of anilines is 1. The Morgan fingerprint density at radius 3 is 2.14 bits per heavy atom. The van der Waals surface area contributed by atoms with Crippen LogP contribution in [0.4, 0.5) is 5.69 Å². The number of piperidine rings is 1. The number of nitrogens with one attached hydrogen (secondary N) is 1. The molecule has 2 aliphatic heterocycles. The summed E-state index contributed by atoms with van der Waals surface area (Å²) in [6.07, 6.45) is 4.07. The van der Waals surface area contributed by atoms with Crippen LogP contribution < -0.4 is 15.1 Å². The van der Waals surface area contributed by atoms with E-state index in [9.17, 15) is 23.2 Å². The van der Waals surface area contributed by atoms with Crippen molar-refractivity contribution in [2.45, 2.75) is 63.5 Å².